The lowest BCUT2D eigenvalue weighted by Gasteiger charge is -2.20. The van der Waals surface area contributed by atoms with Crippen molar-refractivity contribution in [3.63, 3.8) is 0 Å². The van der Waals surface area contributed by atoms with Gasteiger partial charge in [-0.1, -0.05) is 12.1 Å². The van der Waals surface area contributed by atoms with Crippen LogP contribution in [0.15, 0.2) is 5.16 Å². The van der Waals surface area contributed by atoms with Gasteiger partial charge in [0.1, 0.15) is 9.84 Å². The van der Waals surface area contributed by atoms with Crippen molar-refractivity contribution in [1.82, 2.24) is 5.32 Å². The van der Waals surface area contributed by atoms with Crippen LogP contribution in [-0.2, 0) is 9.84 Å². The molecule has 90 valence electrons. The lowest BCUT2D eigenvalue weighted by atomic mass is 10.2. The van der Waals surface area contributed by atoms with Crippen molar-refractivity contribution < 1.29 is 13.6 Å². The number of hydrogen-bond donors (Lipinski definition) is 3. The number of hydrogen-bond acceptors (Lipinski definition) is 5. The van der Waals surface area contributed by atoms with Gasteiger partial charge in [0.2, 0.25) is 0 Å². The fourth-order valence-electron chi connectivity index (χ4n) is 1.33. The molecular formula is C8H19N3O3S. The van der Waals surface area contributed by atoms with E-state index in [1.54, 1.807) is 6.92 Å². The Labute approximate surface area is 90.5 Å². The molecule has 4 N–H and O–H groups in total. The Morgan fingerprint density at radius 3 is 2.47 bits per heavy atom. The smallest absolute Gasteiger partial charge is 0.156 e. The van der Waals surface area contributed by atoms with Gasteiger partial charge in [-0.25, -0.2) is 8.42 Å². The molecule has 0 aliphatic rings. The van der Waals surface area contributed by atoms with Crippen LogP contribution in [0.25, 0.3) is 0 Å². The van der Waals surface area contributed by atoms with E-state index in [4.69, 9.17) is 10.9 Å². The Balaban J connectivity index is 4.32. The van der Waals surface area contributed by atoms with Crippen LogP contribution in [0.3, 0.4) is 0 Å². The topological polar surface area (TPSA) is 105 Å². The van der Waals surface area contributed by atoms with Gasteiger partial charge in [-0.3, -0.25) is 0 Å². The highest BCUT2D eigenvalue weighted by molar-refractivity contribution is 7.90. The van der Waals surface area contributed by atoms with E-state index >= 15 is 0 Å². The summed E-state index contributed by atoms with van der Waals surface area (Å²) in [6.07, 6.45) is 1.81. The third-order valence-corrected chi connectivity index (χ3v) is 3.02. The monoisotopic (exact) mass is 237 g/mol. The molecule has 0 heterocycles. The van der Waals surface area contributed by atoms with E-state index in [1.165, 1.54) is 6.26 Å². The van der Waals surface area contributed by atoms with Crippen molar-refractivity contribution in [3.8, 4) is 0 Å². The van der Waals surface area contributed by atoms with E-state index in [9.17, 15) is 8.42 Å². The first-order valence-corrected chi connectivity index (χ1v) is 6.77. The zero-order valence-electron chi connectivity index (χ0n) is 9.27. The standard InChI is InChI=1S/C8H19N3O3S/c1-4-7(8(9)11-12)10-6(2)5-15(3,13)14/h6-7,10,12H,4-5H2,1-3H3,(H2,9,11). The molecular weight excluding hydrogens is 218 g/mol. The molecule has 0 fully saturated rings. The number of sulfone groups is 1. The number of nitrogens with one attached hydrogen (secondary N) is 1. The molecule has 2 unspecified atom stereocenters. The maximum Gasteiger partial charge on any atom is 0.156 e. The average Bonchev–Trinajstić information content (AvgIpc) is 2.10. The first-order valence-electron chi connectivity index (χ1n) is 4.71. The van der Waals surface area contributed by atoms with Gasteiger partial charge in [0.25, 0.3) is 0 Å². The SMILES string of the molecule is CCC(NC(C)CS(C)(=O)=O)C(N)=NO. The van der Waals surface area contributed by atoms with Crippen molar-refractivity contribution in [1.29, 1.82) is 0 Å². The minimum atomic E-state index is -3.02. The van der Waals surface area contributed by atoms with Crippen LogP contribution in [0.4, 0.5) is 0 Å². The average molecular weight is 237 g/mol. The molecule has 0 saturated carbocycles. The van der Waals surface area contributed by atoms with E-state index in [0.717, 1.165) is 0 Å². The van der Waals surface area contributed by atoms with Crippen molar-refractivity contribution in [2.24, 2.45) is 10.9 Å². The second-order valence-corrected chi connectivity index (χ2v) is 5.83. The highest BCUT2D eigenvalue weighted by Gasteiger charge is 2.17. The Morgan fingerprint density at radius 1 is 1.60 bits per heavy atom. The molecule has 0 spiro atoms. The van der Waals surface area contributed by atoms with Gasteiger partial charge in [-0.2, -0.15) is 0 Å². The summed E-state index contributed by atoms with van der Waals surface area (Å²) < 4.78 is 22.0. The molecule has 6 nitrogen and oxygen atoms in total. The molecule has 2 atom stereocenters. The quantitative estimate of drug-likeness (QED) is 0.251. The second-order valence-electron chi connectivity index (χ2n) is 3.65. The summed E-state index contributed by atoms with van der Waals surface area (Å²) in [6.45, 7) is 3.61. The van der Waals surface area contributed by atoms with Crippen LogP contribution in [0.2, 0.25) is 0 Å². The summed E-state index contributed by atoms with van der Waals surface area (Å²) in [5, 5.41) is 14.4. The van der Waals surface area contributed by atoms with E-state index in [2.05, 4.69) is 10.5 Å². The van der Waals surface area contributed by atoms with Crippen molar-refractivity contribution in [2.45, 2.75) is 32.4 Å². The lowest BCUT2D eigenvalue weighted by molar-refractivity contribution is 0.313. The van der Waals surface area contributed by atoms with Gasteiger partial charge >= 0.3 is 0 Å². The molecule has 0 amide bonds. The molecule has 0 rings (SSSR count). The summed E-state index contributed by atoms with van der Waals surface area (Å²) in [5.74, 6) is 0.0974. The molecule has 0 saturated heterocycles. The summed E-state index contributed by atoms with van der Waals surface area (Å²) >= 11 is 0. The Kier molecular flexibility index (Phi) is 5.59. The third kappa shape index (κ3) is 6.29. The minimum absolute atomic E-state index is 0.0300. The Bertz CT molecular complexity index is 313. The van der Waals surface area contributed by atoms with E-state index < -0.39 is 9.84 Å². The zero-order valence-corrected chi connectivity index (χ0v) is 10.1. The predicted octanol–water partition coefficient (Wildman–Crippen LogP) is -0.466. The molecule has 0 bridgehead atoms. The normalized spacial score (nSPS) is 17.4. The summed E-state index contributed by atoms with van der Waals surface area (Å²) in [4.78, 5) is 0. The zero-order chi connectivity index (χ0) is 12.1. The van der Waals surface area contributed by atoms with Crippen molar-refractivity contribution >= 4 is 15.7 Å². The Morgan fingerprint density at radius 2 is 2.13 bits per heavy atom. The van der Waals surface area contributed by atoms with Gasteiger partial charge in [0.05, 0.1) is 11.8 Å². The van der Waals surface area contributed by atoms with Crippen molar-refractivity contribution in [2.75, 3.05) is 12.0 Å². The number of rotatable bonds is 6. The summed E-state index contributed by atoms with van der Waals surface area (Å²) in [5.41, 5.74) is 5.43. The molecule has 0 aliphatic heterocycles. The molecule has 0 aromatic heterocycles. The molecule has 0 aliphatic carbocycles. The molecule has 0 aromatic carbocycles. The number of oxime groups is 1. The maximum atomic E-state index is 11.0. The minimum Gasteiger partial charge on any atom is -0.409 e. The van der Waals surface area contributed by atoms with Gasteiger partial charge in [0, 0.05) is 12.3 Å². The van der Waals surface area contributed by atoms with Gasteiger partial charge in [-0.05, 0) is 13.3 Å². The van der Waals surface area contributed by atoms with E-state index in [0.29, 0.717) is 6.42 Å². The van der Waals surface area contributed by atoms with Crippen LogP contribution in [0.1, 0.15) is 20.3 Å². The first-order chi connectivity index (χ1) is 6.80. The third-order valence-electron chi connectivity index (χ3n) is 1.92. The molecule has 15 heavy (non-hydrogen) atoms. The van der Waals surface area contributed by atoms with Crippen LogP contribution in [-0.4, -0.2) is 43.6 Å². The van der Waals surface area contributed by atoms with Gasteiger partial charge < -0.3 is 16.3 Å². The molecule has 0 aromatic rings. The fraction of sp³-hybridized carbons (Fsp3) is 0.875. The van der Waals surface area contributed by atoms with E-state index in [1.807, 2.05) is 6.92 Å². The van der Waals surface area contributed by atoms with Crippen LogP contribution in [0, 0.1) is 0 Å². The van der Waals surface area contributed by atoms with Crippen LogP contribution in [0.5, 0.6) is 0 Å². The predicted molar refractivity (Wildman–Crippen MR) is 59.8 cm³/mol. The maximum absolute atomic E-state index is 11.0. The number of nitrogens with zero attached hydrogens (tertiary/aromatic N) is 1. The molecule has 0 radical (unpaired) electrons. The van der Waals surface area contributed by atoms with Crippen molar-refractivity contribution in [3.05, 3.63) is 0 Å². The highest BCUT2D eigenvalue weighted by atomic mass is 32.2. The Hall–Kier alpha value is -0.820. The fourth-order valence-corrected chi connectivity index (χ4v) is 2.33. The summed E-state index contributed by atoms with van der Waals surface area (Å²) in [7, 11) is -3.02. The highest BCUT2D eigenvalue weighted by Crippen LogP contribution is 1.97. The summed E-state index contributed by atoms with van der Waals surface area (Å²) in [6, 6.07) is -0.531. The number of nitrogens with two attached hydrogens (primary N) is 1. The van der Waals surface area contributed by atoms with Crippen LogP contribution < -0.4 is 11.1 Å². The second kappa shape index (κ2) is 5.92. The lowest BCUT2D eigenvalue weighted by Crippen LogP contribution is -2.47. The number of amidine groups is 1. The largest absolute Gasteiger partial charge is 0.409 e. The van der Waals surface area contributed by atoms with Gasteiger partial charge in [0.15, 0.2) is 5.84 Å². The van der Waals surface area contributed by atoms with Gasteiger partial charge in [-0.15, -0.1) is 0 Å². The van der Waals surface area contributed by atoms with E-state index in [-0.39, 0.29) is 23.7 Å². The molecule has 7 heteroatoms. The van der Waals surface area contributed by atoms with Crippen LogP contribution >= 0.6 is 0 Å². The first kappa shape index (κ1) is 14.2.